The molecule has 0 fully saturated rings. The lowest BCUT2D eigenvalue weighted by molar-refractivity contribution is 0.109. The van der Waals surface area contributed by atoms with E-state index in [0.717, 1.165) is 12.0 Å². The van der Waals surface area contributed by atoms with Crippen molar-refractivity contribution in [1.29, 1.82) is 0 Å². The molecule has 0 bridgehead atoms. The first-order valence-corrected chi connectivity index (χ1v) is 5.77. The highest BCUT2D eigenvalue weighted by Gasteiger charge is 2.19. The molecule has 0 amide bonds. The molecule has 96 valence electrons. The zero-order chi connectivity index (χ0) is 12.8. The second kappa shape index (κ2) is 6.47. The van der Waals surface area contributed by atoms with Crippen LogP contribution in [0.5, 0.6) is 11.5 Å². The van der Waals surface area contributed by atoms with Gasteiger partial charge in [0.05, 0.1) is 20.3 Å². The number of aliphatic hydroxyl groups excluding tert-OH is 1. The topological polar surface area (TPSA) is 64.7 Å². The Bertz CT molecular complexity index is 351. The van der Waals surface area contributed by atoms with E-state index < -0.39 is 6.10 Å². The summed E-state index contributed by atoms with van der Waals surface area (Å²) in [6, 6.07) is 5.42. The molecule has 0 saturated heterocycles. The van der Waals surface area contributed by atoms with E-state index in [9.17, 15) is 5.11 Å². The van der Waals surface area contributed by atoms with Crippen molar-refractivity contribution in [2.45, 2.75) is 19.4 Å². The lowest BCUT2D eigenvalue weighted by Crippen LogP contribution is -2.21. The first kappa shape index (κ1) is 13.8. The predicted molar refractivity (Wildman–Crippen MR) is 67.3 cm³/mol. The molecule has 2 unspecified atom stereocenters. The van der Waals surface area contributed by atoms with Crippen LogP contribution in [-0.4, -0.2) is 25.9 Å². The SMILES string of the molecule is CCC(CN)C(O)c1ccc(OC)c(OC)c1. The number of nitrogens with two attached hydrogens (primary N) is 1. The van der Waals surface area contributed by atoms with Gasteiger partial charge in [-0.1, -0.05) is 13.0 Å². The second-order valence-electron chi connectivity index (χ2n) is 3.96. The summed E-state index contributed by atoms with van der Waals surface area (Å²) >= 11 is 0. The number of hydrogen-bond acceptors (Lipinski definition) is 4. The highest BCUT2D eigenvalue weighted by Crippen LogP contribution is 2.32. The van der Waals surface area contributed by atoms with E-state index >= 15 is 0 Å². The molecule has 0 saturated carbocycles. The largest absolute Gasteiger partial charge is 0.493 e. The highest BCUT2D eigenvalue weighted by atomic mass is 16.5. The van der Waals surface area contributed by atoms with Crippen LogP contribution in [0.1, 0.15) is 25.0 Å². The zero-order valence-electron chi connectivity index (χ0n) is 10.6. The minimum atomic E-state index is -0.565. The van der Waals surface area contributed by atoms with Gasteiger partial charge >= 0.3 is 0 Å². The van der Waals surface area contributed by atoms with Crippen LogP contribution in [0, 0.1) is 5.92 Å². The van der Waals surface area contributed by atoms with Crippen molar-refractivity contribution in [2.24, 2.45) is 11.7 Å². The Balaban J connectivity index is 2.98. The van der Waals surface area contributed by atoms with Gasteiger partial charge in [0.15, 0.2) is 11.5 Å². The molecule has 4 heteroatoms. The van der Waals surface area contributed by atoms with Crippen LogP contribution < -0.4 is 15.2 Å². The van der Waals surface area contributed by atoms with Gasteiger partial charge in [0.25, 0.3) is 0 Å². The molecular weight excluding hydrogens is 218 g/mol. The van der Waals surface area contributed by atoms with Crippen LogP contribution in [0.2, 0.25) is 0 Å². The van der Waals surface area contributed by atoms with Gasteiger partial charge in [0, 0.05) is 5.92 Å². The molecule has 0 aromatic heterocycles. The Morgan fingerprint density at radius 3 is 2.35 bits per heavy atom. The number of benzene rings is 1. The van der Waals surface area contributed by atoms with Crippen molar-refractivity contribution in [1.82, 2.24) is 0 Å². The van der Waals surface area contributed by atoms with Gasteiger partial charge in [0.1, 0.15) is 0 Å². The fraction of sp³-hybridized carbons (Fsp3) is 0.538. The molecule has 0 radical (unpaired) electrons. The maximum Gasteiger partial charge on any atom is 0.161 e. The fourth-order valence-corrected chi connectivity index (χ4v) is 1.83. The van der Waals surface area contributed by atoms with E-state index in [4.69, 9.17) is 15.2 Å². The molecule has 0 aliphatic heterocycles. The monoisotopic (exact) mass is 239 g/mol. The molecule has 1 aromatic rings. The summed E-state index contributed by atoms with van der Waals surface area (Å²) in [5, 5.41) is 10.2. The molecule has 1 aromatic carbocycles. The Labute approximate surface area is 102 Å². The van der Waals surface area contributed by atoms with Crippen LogP contribution >= 0.6 is 0 Å². The van der Waals surface area contributed by atoms with Crippen molar-refractivity contribution in [3.8, 4) is 11.5 Å². The number of rotatable bonds is 6. The lowest BCUT2D eigenvalue weighted by atomic mass is 9.93. The smallest absolute Gasteiger partial charge is 0.161 e. The van der Waals surface area contributed by atoms with E-state index in [-0.39, 0.29) is 5.92 Å². The predicted octanol–water partition coefficient (Wildman–Crippen LogP) is 1.72. The third-order valence-corrected chi connectivity index (χ3v) is 3.02. The molecule has 3 N–H and O–H groups in total. The lowest BCUT2D eigenvalue weighted by Gasteiger charge is -2.21. The van der Waals surface area contributed by atoms with Gasteiger partial charge < -0.3 is 20.3 Å². The minimum absolute atomic E-state index is 0.0631. The van der Waals surface area contributed by atoms with Crippen LogP contribution in [0.3, 0.4) is 0 Å². The molecular formula is C13H21NO3. The molecule has 0 aliphatic carbocycles. The second-order valence-corrected chi connectivity index (χ2v) is 3.96. The Morgan fingerprint density at radius 2 is 1.88 bits per heavy atom. The minimum Gasteiger partial charge on any atom is -0.493 e. The number of hydrogen-bond donors (Lipinski definition) is 2. The van der Waals surface area contributed by atoms with Crippen molar-refractivity contribution in [3.63, 3.8) is 0 Å². The van der Waals surface area contributed by atoms with Crippen LogP contribution in [-0.2, 0) is 0 Å². The zero-order valence-corrected chi connectivity index (χ0v) is 10.6. The van der Waals surface area contributed by atoms with Crippen LogP contribution in [0.25, 0.3) is 0 Å². The molecule has 17 heavy (non-hydrogen) atoms. The standard InChI is InChI=1S/C13H21NO3/c1-4-9(8-14)13(15)10-5-6-11(16-2)12(7-10)17-3/h5-7,9,13,15H,4,8,14H2,1-3H3. The molecule has 4 nitrogen and oxygen atoms in total. The van der Waals surface area contributed by atoms with Gasteiger partial charge in [-0.25, -0.2) is 0 Å². The Kier molecular flexibility index (Phi) is 5.25. The quantitative estimate of drug-likeness (QED) is 0.793. The number of aliphatic hydroxyl groups is 1. The summed E-state index contributed by atoms with van der Waals surface area (Å²) in [5.74, 6) is 1.34. The highest BCUT2D eigenvalue weighted by molar-refractivity contribution is 5.43. The van der Waals surface area contributed by atoms with E-state index in [1.807, 2.05) is 13.0 Å². The summed E-state index contributed by atoms with van der Waals surface area (Å²) in [5.41, 5.74) is 6.44. The van der Waals surface area contributed by atoms with E-state index in [0.29, 0.717) is 18.0 Å². The first-order valence-electron chi connectivity index (χ1n) is 5.77. The first-order chi connectivity index (χ1) is 8.17. The third kappa shape index (κ3) is 3.11. The molecule has 2 atom stereocenters. The number of ether oxygens (including phenoxy) is 2. The maximum absolute atomic E-state index is 10.2. The van der Waals surface area contributed by atoms with Crippen LogP contribution in [0.15, 0.2) is 18.2 Å². The average Bonchev–Trinajstić information content (AvgIpc) is 2.39. The maximum atomic E-state index is 10.2. The Morgan fingerprint density at radius 1 is 1.24 bits per heavy atom. The summed E-state index contributed by atoms with van der Waals surface area (Å²) in [7, 11) is 3.16. The van der Waals surface area contributed by atoms with Crippen molar-refractivity contribution < 1.29 is 14.6 Å². The normalized spacial score (nSPS) is 14.2. The molecule has 0 spiro atoms. The van der Waals surface area contributed by atoms with E-state index in [1.54, 1.807) is 26.4 Å². The van der Waals surface area contributed by atoms with Gasteiger partial charge in [-0.2, -0.15) is 0 Å². The van der Waals surface area contributed by atoms with Crippen molar-refractivity contribution in [3.05, 3.63) is 23.8 Å². The van der Waals surface area contributed by atoms with Gasteiger partial charge in [-0.3, -0.25) is 0 Å². The van der Waals surface area contributed by atoms with Crippen molar-refractivity contribution in [2.75, 3.05) is 20.8 Å². The van der Waals surface area contributed by atoms with E-state index in [2.05, 4.69) is 0 Å². The Hall–Kier alpha value is -1.26. The van der Waals surface area contributed by atoms with E-state index in [1.165, 1.54) is 0 Å². The number of methoxy groups -OCH3 is 2. The van der Waals surface area contributed by atoms with Crippen LogP contribution in [0.4, 0.5) is 0 Å². The summed E-state index contributed by atoms with van der Waals surface area (Å²) < 4.78 is 10.4. The molecule has 0 heterocycles. The summed E-state index contributed by atoms with van der Waals surface area (Å²) in [6.07, 6.45) is 0.274. The summed E-state index contributed by atoms with van der Waals surface area (Å²) in [6.45, 7) is 2.48. The van der Waals surface area contributed by atoms with Crippen molar-refractivity contribution >= 4 is 0 Å². The summed E-state index contributed by atoms with van der Waals surface area (Å²) in [4.78, 5) is 0. The van der Waals surface area contributed by atoms with Gasteiger partial charge in [-0.15, -0.1) is 0 Å². The van der Waals surface area contributed by atoms with Gasteiger partial charge in [-0.05, 0) is 30.7 Å². The third-order valence-electron chi connectivity index (χ3n) is 3.02. The van der Waals surface area contributed by atoms with Gasteiger partial charge in [0.2, 0.25) is 0 Å². The average molecular weight is 239 g/mol. The molecule has 0 aliphatic rings. The fourth-order valence-electron chi connectivity index (χ4n) is 1.83. The molecule has 1 rings (SSSR count).